The van der Waals surface area contributed by atoms with E-state index >= 15 is 0 Å². The number of carbonyl (C=O) groups excluding carboxylic acids is 1. The molecule has 1 rings (SSSR count). The van der Waals surface area contributed by atoms with Gasteiger partial charge in [-0.05, 0) is 23.8 Å². The summed E-state index contributed by atoms with van der Waals surface area (Å²) >= 11 is 0. The Labute approximate surface area is 104 Å². The normalized spacial score (nSPS) is 13.4. The van der Waals surface area contributed by atoms with Crippen molar-refractivity contribution in [3.63, 3.8) is 0 Å². The Hall–Kier alpha value is -1.15. The average Bonchev–Trinajstić information content (AvgIpc) is 2.26. The molecule has 1 unspecified atom stereocenters. The maximum Gasteiger partial charge on any atom is 0.149 e. The van der Waals surface area contributed by atoms with Gasteiger partial charge in [-0.3, -0.25) is 4.79 Å². The third-order valence-electron chi connectivity index (χ3n) is 2.83. The van der Waals surface area contributed by atoms with Gasteiger partial charge in [0.2, 0.25) is 0 Å². The van der Waals surface area contributed by atoms with Crippen LogP contribution in [0.3, 0.4) is 0 Å². The van der Waals surface area contributed by atoms with E-state index in [9.17, 15) is 4.79 Å². The van der Waals surface area contributed by atoms with Gasteiger partial charge in [-0.1, -0.05) is 51.1 Å². The van der Waals surface area contributed by atoms with Gasteiger partial charge in [-0.2, -0.15) is 0 Å². The van der Waals surface area contributed by atoms with Gasteiger partial charge in [0.1, 0.15) is 5.78 Å². The Bertz CT molecular complexity index is 351. The third kappa shape index (κ3) is 5.64. The molecule has 0 amide bonds. The number of carbonyl (C=O) groups is 1. The molecule has 2 nitrogen and oxygen atoms in total. The summed E-state index contributed by atoms with van der Waals surface area (Å²) in [5.41, 5.74) is 7.25. The molecule has 1 aromatic rings. The van der Waals surface area contributed by atoms with Crippen LogP contribution in [0.15, 0.2) is 30.3 Å². The van der Waals surface area contributed by atoms with Gasteiger partial charge in [0, 0.05) is 6.42 Å². The van der Waals surface area contributed by atoms with Crippen LogP contribution >= 0.6 is 0 Å². The van der Waals surface area contributed by atoms with E-state index in [-0.39, 0.29) is 17.2 Å². The van der Waals surface area contributed by atoms with Crippen LogP contribution in [-0.2, 0) is 11.2 Å². The second-order valence-electron chi connectivity index (χ2n) is 5.82. The third-order valence-corrected chi connectivity index (χ3v) is 2.83. The lowest BCUT2D eigenvalue weighted by molar-refractivity contribution is -0.120. The molecule has 0 heterocycles. The molecule has 2 N–H and O–H groups in total. The molecule has 0 radical (unpaired) electrons. The van der Waals surface area contributed by atoms with Crippen molar-refractivity contribution in [2.75, 3.05) is 0 Å². The SMILES string of the molecule is CC(C)(C)CCC(=O)C(N)Cc1ccccc1. The Morgan fingerprint density at radius 2 is 1.82 bits per heavy atom. The Morgan fingerprint density at radius 3 is 2.35 bits per heavy atom. The molecule has 0 saturated carbocycles. The number of Topliss-reactive ketones (excluding diaryl/α,β-unsaturated/α-hetero) is 1. The van der Waals surface area contributed by atoms with Gasteiger partial charge < -0.3 is 5.73 Å². The van der Waals surface area contributed by atoms with E-state index in [0.717, 1.165) is 12.0 Å². The van der Waals surface area contributed by atoms with Crippen LogP contribution in [-0.4, -0.2) is 11.8 Å². The highest BCUT2D eigenvalue weighted by Crippen LogP contribution is 2.21. The quantitative estimate of drug-likeness (QED) is 0.849. The Morgan fingerprint density at radius 1 is 1.24 bits per heavy atom. The van der Waals surface area contributed by atoms with Crippen molar-refractivity contribution in [1.29, 1.82) is 0 Å². The van der Waals surface area contributed by atoms with Crippen molar-refractivity contribution in [2.45, 2.75) is 46.1 Å². The van der Waals surface area contributed by atoms with E-state index in [1.54, 1.807) is 0 Å². The summed E-state index contributed by atoms with van der Waals surface area (Å²) in [6.45, 7) is 6.43. The average molecular weight is 233 g/mol. The molecule has 0 aliphatic heterocycles. The number of rotatable bonds is 5. The molecule has 2 heteroatoms. The van der Waals surface area contributed by atoms with Crippen molar-refractivity contribution >= 4 is 5.78 Å². The minimum atomic E-state index is -0.361. The largest absolute Gasteiger partial charge is 0.321 e. The van der Waals surface area contributed by atoms with Crippen LogP contribution < -0.4 is 5.73 Å². The highest BCUT2D eigenvalue weighted by atomic mass is 16.1. The van der Waals surface area contributed by atoms with E-state index in [0.29, 0.717) is 12.8 Å². The van der Waals surface area contributed by atoms with Crippen LogP contribution in [0.5, 0.6) is 0 Å². The first-order chi connectivity index (χ1) is 7.88. The van der Waals surface area contributed by atoms with Crippen LogP contribution in [0.25, 0.3) is 0 Å². The van der Waals surface area contributed by atoms with Gasteiger partial charge in [-0.25, -0.2) is 0 Å². The van der Waals surface area contributed by atoms with E-state index in [1.807, 2.05) is 30.3 Å². The lowest BCUT2D eigenvalue weighted by Gasteiger charge is -2.18. The molecule has 94 valence electrons. The fourth-order valence-electron chi connectivity index (χ4n) is 1.67. The monoisotopic (exact) mass is 233 g/mol. The van der Waals surface area contributed by atoms with E-state index in [1.165, 1.54) is 0 Å². The fraction of sp³-hybridized carbons (Fsp3) is 0.533. The summed E-state index contributed by atoms with van der Waals surface area (Å²) < 4.78 is 0. The maximum absolute atomic E-state index is 11.9. The number of nitrogens with two attached hydrogens (primary N) is 1. The zero-order chi connectivity index (χ0) is 12.9. The zero-order valence-electron chi connectivity index (χ0n) is 11.1. The molecule has 0 spiro atoms. The number of hydrogen-bond acceptors (Lipinski definition) is 2. The Kier molecular flexibility index (Phi) is 4.88. The highest BCUT2D eigenvalue weighted by molar-refractivity contribution is 5.84. The smallest absolute Gasteiger partial charge is 0.149 e. The van der Waals surface area contributed by atoms with E-state index in [4.69, 9.17) is 5.73 Å². The molecule has 1 aromatic carbocycles. The molecule has 0 aliphatic rings. The molecular formula is C15H23NO. The van der Waals surface area contributed by atoms with Gasteiger partial charge >= 0.3 is 0 Å². The number of hydrogen-bond donors (Lipinski definition) is 1. The second-order valence-corrected chi connectivity index (χ2v) is 5.82. The van der Waals surface area contributed by atoms with Crippen molar-refractivity contribution < 1.29 is 4.79 Å². The summed E-state index contributed by atoms with van der Waals surface area (Å²) in [6.07, 6.45) is 2.12. The molecule has 0 aliphatic carbocycles. The number of ketones is 1. The molecule has 1 atom stereocenters. The summed E-state index contributed by atoms with van der Waals surface area (Å²) in [5, 5.41) is 0. The first-order valence-corrected chi connectivity index (χ1v) is 6.21. The minimum Gasteiger partial charge on any atom is -0.321 e. The minimum absolute atomic E-state index is 0.170. The molecular weight excluding hydrogens is 210 g/mol. The summed E-state index contributed by atoms with van der Waals surface area (Å²) in [7, 11) is 0. The standard InChI is InChI=1S/C15H23NO/c1-15(2,3)10-9-14(17)13(16)11-12-7-5-4-6-8-12/h4-8,13H,9-11,16H2,1-3H3. The summed E-state index contributed by atoms with van der Waals surface area (Å²) in [5.74, 6) is 0.170. The lowest BCUT2D eigenvalue weighted by atomic mass is 9.88. The van der Waals surface area contributed by atoms with Gasteiger partial charge in [-0.15, -0.1) is 0 Å². The van der Waals surface area contributed by atoms with Crippen molar-refractivity contribution in [2.24, 2.45) is 11.1 Å². The van der Waals surface area contributed by atoms with E-state index < -0.39 is 0 Å². The van der Waals surface area contributed by atoms with Crippen LogP contribution in [0.2, 0.25) is 0 Å². The predicted octanol–water partition coefficient (Wildman–Crippen LogP) is 2.95. The van der Waals surface area contributed by atoms with Crippen molar-refractivity contribution in [1.82, 2.24) is 0 Å². The molecule has 17 heavy (non-hydrogen) atoms. The van der Waals surface area contributed by atoms with Crippen LogP contribution in [0.1, 0.15) is 39.2 Å². The fourth-order valence-corrected chi connectivity index (χ4v) is 1.67. The highest BCUT2D eigenvalue weighted by Gasteiger charge is 2.17. The second kappa shape index (κ2) is 5.97. The lowest BCUT2D eigenvalue weighted by Crippen LogP contribution is -2.33. The van der Waals surface area contributed by atoms with Crippen LogP contribution in [0, 0.1) is 5.41 Å². The Balaban J connectivity index is 2.43. The van der Waals surface area contributed by atoms with E-state index in [2.05, 4.69) is 20.8 Å². The molecule has 0 bridgehead atoms. The summed E-state index contributed by atoms with van der Waals surface area (Å²) in [6, 6.07) is 9.58. The molecule has 0 aromatic heterocycles. The maximum atomic E-state index is 11.9. The topological polar surface area (TPSA) is 43.1 Å². The summed E-state index contributed by atoms with van der Waals surface area (Å²) in [4.78, 5) is 11.9. The van der Waals surface area contributed by atoms with Gasteiger partial charge in [0.15, 0.2) is 0 Å². The first-order valence-electron chi connectivity index (χ1n) is 6.21. The van der Waals surface area contributed by atoms with Crippen molar-refractivity contribution in [3.05, 3.63) is 35.9 Å². The first kappa shape index (κ1) is 13.9. The zero-order valence-corrected chi connectivity index (χ0v) is 11.1. The number of benzene rings is 1. The van der Waals surface area contributed by atoms with Gasteiger partial charge in [0.25, 0.3) is 0 Å². The van der Waals surface area contributed by atoms with Crippen molar-refractivity contribution in [3.8, 4) is 0 Å². The predicted molar refractivity (Wildman–Crippen MR) is 71.8 cm³/mol. The molecule has 0 saturated heterocycles. The van der Waals surface area contributed by atoms with Crippen LogP contribution in [0.4, 0.5) is 0 Å². The molecule has 0 fully saturated rings. The van der Waals surface area contributed by atoms with Gasteiger partial charge in [0.05, 0.1) is 6.04 Å².